The minimum absolute atomic E-state index is 0.501. The van der Waals surface area contributed by atoms with Crippen LogP contribution in [0.4, 0.5) is 0 Å². The Bertz CT molecular complexity index is 116. The van der Waals surface area contributed by atoms with Crippen molar-refractivity contribution in [3.8, 4) is 0 Å². The van der Waals surface area contributed by atoms with Gasteiger partial charge < -0.3 is 23.5 Å². The van der Waals surface area contributed by atoms with E-state index in [4.69, 9.17) is 23.5 Å². The molecule has 0 aliphatic heterocycles. The van der Waals surface area contributed by atoms with Crippen LogP contribution in [-0.2, 0) is 23.5 Å². The molecule has 0 spiro atoms. The summed E-state index contributed by atoms with van der Waals surface area (Å²) in [6, 6.07) is 0. The lowest BCUT2D eigenvalue weighted by Crippen LogP contribution is -2.12. The average molecular weight is 366 g/mol. The first-order chi connectivity index (χ1) is 7.91. The molecule has 0 bridgehead atoms. The molecule has 0 aromatic rings. The Morgan fingerprint density at radius 2 is 1.19 bits per heavy atom. The van der Waals surface area contributed by atoms with E-state index in [0.717, 1.165) is 0 Å². The predicted molar refractivity (Wildman–Crippen MR) is 72.6 cm³/mol. The molecular formula is C9H20IO5P. The molecule has 0 aliphatic carbocycles. The largest absolute Gasteiger partial charge is 0.382 e. The first-order valence-corrected chi connectivity index (χ1v) is 9.13. The molecule has 0 amide bonds. The third-order valence-electron chi connectivity index (χ3n) is 1.56. The molecule has 1 atom stereocenters. The van der Waals surface area contributed by atoms with Gasteiger partial charge in [0.15, 0.2) is 0 Å². The molecule has 0 aliphatic rings. The van der Waals surface area contributed by atoms with E-state index in [1.807, 2.05) is 0 Å². The second-order valence-corrected chi connectivity index (χ2v) is 4.52. The fraction of sp³-hybridized carbons (Fsp3) is 1.00. The summed E-state index contributed by atoms with van der Waals surface area (Å²) in [4.78, 5) is 0. The fourth-order valence-electron chi connectivity index (χ4n) is 0.823. The summed E-state index contributed by atoms with van der Waals surface area (Å²) in [5, 5.41) is 0. The van der Waals surface area contributed by atoms with Crippen LogP contribution < -0.4 is 0 Å². The van der Waals surface area contributed by atoms with Gasteiger partial charge in [0, 0.05) is 7.11 Å². The number of halogens is 1. The van der Waals surface area contributed by atoms with Crippen LogP contribution in [0.25, 0.3) is 0 Å². The van der Waals surface area contributed by atoms with Gasteiger partial charge in [0.05, 0.1) is 59.3 Å². The van der Waals surface area contributed by atoms with Gasteiger partial charge >= 0.3 is 0 Å². The van der Waals surface area contributed by atoms with E-state index in [2.05, 4.69) is 22.0 Å². The number of hydrogen-bond acceptors (Lipinski definition) is 5. The first kappa shape index (κ1) is 17.0. The summed E-state index contributed by atoms with van der Waals surface area (Å²) < 4.78 is 25.8. The van der Waals surface area contributed by atoms with Crippen LogP contribution in [0.1, 0.15) is 0 Å². The minimum Gasteiger partial charge on any atom is -0.382 e. The van der Waals surface area contributed by atoms with Crippen molar-refractivity contribution in [1.82, 2.24) is 0 Å². The Morgan fingerprint density at radius 1 is 0.750 bits per heavy atom. The smallest absolute Gasteiger partial charge is 0.0794 e. The van der Waals surface area contributed by atoms with Crippen molar-refractivity contribution in [3.05, 3.63) is 0 Å². The molecule has 5 nitrogen and oxygen atoms in total. The third kappa shape index (κ3) is 15.0. The maximum Gasteiger partial charge on any atom is 0.0794 e. The molecular weight excluding hydrogens is 346 g/mol. The molecule has 98 valence electrons. The van der Waals surface area contributed by atoms with E-state index in [-0.39, 0.29) is 0 Å². The third-order valence-corrected chi connectivity index (χ3v) is 2.81. The van der Waals surface area contributed by atoms with Gasteiger partial charge in [0.1, 0.15) is 0 Å². The van der Waals surface area contributed by atoms with Gasteiger partial charge in [-0.1, -0.05) is 0 Å². The molecule has 0 aromatic carbocycles. The van der Waals surface area contributed by atoms with Gasteiger partial charge in [-0.2, -0.15) is 0 Å². The molecule has 7 heteroatoms. The first-order valence-electron chi connectivity index (χ1n) is 5.11. The highest BCUT2D eigenvalue weighted by atomic mass is 127. The number of rotatable bonds is 13. The molecule has 0 heterocycles. The molecule has 0 aromatic heterocycles. The summed E-state index contributed by atoms with van der Waals surface area (Å²) in [6.07, 6.45) is 0. The highest BCUT2D eigenvalue weighted by molar-refractivity contribution is 14.2. The van der Waals surface area contributed by atoms with Crippen LogP contribution in [-0.4, -0.2) is 60.0 Å². The van der Waals surface area contributed by atoms with Crippen molar-refractivity contribution in [2.75, 3.05) is 60.0 Å². The second-order valence-electron chi connectivity index (χ2n) is 2.76. The van der Waals surface area contributed by atoms with Crippen molar-refractivity contribution in [3.63, 3.8) is 0 Å². The van der Waals surface area contributed by atoms with Crippen LogP contribution in [0.15, 0.2) is 0 Å². The monoisotopic (exact) mass is 366 g/mol. The zero-order chi connectivity index (χ0) is 11.9. The standard InChI is InChI=1S/C9H20IO5P/c1-11-2-3-12-4-5-13-6-7-14-8-9-15-16-10/h16H,2-9H2,1H3. The zero-order valence-electron chi connectivity index (χ0n) is 9.58. The molecule has 0 saturated carbocycles. The topological polar surface area (TPSA) is 46.2 Å². The van der Waals surface area contributed by atoms with Crippen molar-refractivity contribution in [2.45, 2.75) is 0 Å². The zero-order valence-corrected chi connectivity index (χ0v) is 12.7. The van der Waals surface area contributed by atoms with Crippen LogP contribution in [0.3, 0.4) is 0 Å². The lowest BCUT2D eigenvalue weighted by atomic mass is 10.7. The van der Waals surface area contributed by atoms with Crippen LogP contribution in [0, 0.1) is 0 Å². The Balaban J connectivity index is 2.83. The second kappa shape index (κ2) is 16.0. The van der Waals surface area contributed by atoms with Gasteiger partial charge in [0.25, 0.3) is 0 Å². The molecule has 16 heavy (non-hydrogen) atoms. The van der Waals surface area contributed by atoms with Gasteiger partial charge in [-0.05, 0) is 22.0 Å². The summed E-state index contributed by atoms with van der Waals surface area (Å²) in [6.45, 7) is 5.42. The van der Waals surface area contributed by atoms with E-state index < -0.39 is 0 Å². The van der Waals surface area contributed by atoms with E-state index in [1.54, 1.807) is 7.11 Å². The number of methoxy groups -OCH3 is 1. The molecule has 0 radical (unpaired) electrons. The van der Waals surface area contributed by atoms with E-state index in [1.165, 1.54) is 0 Å². The van der Waals surface area contributed by atoms with Crippen molar-refractivity contribution < 1.29 is 23.5 Å². The Kier molecular flexibility index (Phi) is 16.9. The number of hydrogen-bond donors (Lipinski definition) is 0. The van der Waals surface area contributed by atoms with E-state index in [9.17, 15) is 0 Å². The Labute approximate surface area is 112 Å². The van der Waals surface area contributed by atoms with Crippen molar-refractivity contribution >= 4 is 28.5 Å². The fourth-order valence-corrected chi connectivity index (χ4v) is 1.64. The van der Waals surface area contributed by atoms with Crippen molar-refractivity contribution in [1.29, 1.82) is 0 Å². The SMILES string of the molecule is COCCOCCOCCOCCOPI. The average Bonchev–Trinajstić information content (AvgIpc) is 2.31. The highest BCUT2D eigenvalue weighted by Crippen LogP contribution is 2.20. The Morgan fingerprint density at radius 3 is 1.62 bits per heavy atom. The lowest BCUT2D eigenvalue weighted by Gasteiger charge is -2.06. The molecule has 0 fully saturated rings. The van der Waals surface area contributed by atoms with Gasteiger partial charge in [-0.3, -0.25) is 0 Å². The predicted octanol–water partition coefficient (Wildman–Crippen LogP) is 1.64. The van der Waals surface area contributed by atoms with Crippen LogP contribution in [0.5, 0.6) is 0 Å². The van der Waals surface area contributed by atoms with E-state index >= 15 is 0 Å². The quantitative estimate of drug-likeness (QED) is 0.282. The molecule has 0 saturated heterocycles. The summed E-state index contributed by atoms with van der Waals surface area (Å²) >= 11 is 2.18. The van der Waals surface area contributed by atoms with E-state index in [0.29, 0.717) is 59.3 Å². The minimum atomic E-state index is 0.501. The summed E-state index contributed by atoms with van der Waals surface area (Å²) in [5.74, 6) is 0. The maximum atomic E-state index is 5.29. The highest BCUT2D eigenvalue weighted by Gasteiger charge is 1.91. The van der Waals surface area contributed by atoms with Crippen LogP contribution in [0.2, 0.25) is 0 Å². The Hall–Kier alpha value is 0.960. The number of ether oxygens (including phenoxy) is 4. The molecule has 1 unspecified atom stereocenters. The van der Waals surface area contributed by atoms with Crippen LogP contribution >= 0.6 is 28.5 Å². The van der Waals surface area contributed by atoms with Gasteiger partial charge in [0.2, 0.25) is 0 Å². The van der Waals surface area contributed by atoms with Crippen molar-refractivity contribution in [2.24, 2.45) is 0 Å². The normalized spacial score (nSPS) is 11.6. The summed E-state index contributed by atoms with van der Waals surface area (Å²) in [7, 11) is 1.65. The van der Waals surface area contributed by atoms with Gasteiger partial charge in [-0.15, -0.1) is 0 Å². The molecule has 0 rings (SSSR count). The summed E-state index contributed by atoms with van der Waals surface area (Å²) in [5.41, 5.74) is 0. The van der Waals surface area contributed by atoms with Gasteiger partial charge in [-0.25, -0.2) is 0 Å². The maximum absolute atomic E-state index is 5.29. The molecule has 0 N–H and O–H groups in total. The lowest BCUT2D eigenvalue weighted by molar-refractivity contribution is 0.000786.